The molecule has 1 aromatic heterocycles. The number of benzene rings is 1. The zero-order valence-electron chi connectivity index (χ0n) is 14.3. The largest absolute Gasteiger partial charge is 0.376 e. The van der Waals surface area contributed by atoms with Crippen LogP contribution in [-0.2, 0) is 12.0 Å². The van der Waals surface area contributed by atoms with E-state index in [1.165, 1.54) is 12.0 Å². The number of rotatable bonds is 3. The third-order valence-corrected chi connectivity index (χ3v) is 5.39. The van der Waals surface area contributed by atoms with Crippen molar-refractivity contribution in [2.24, 2.45) is 4.99 Å². The fourth-order valence-corrected chi connectivity index (χ4v) is 4.08. The van der Waals surface area contributed by atoms with E-state index in [0.29, 0.717) is 0 Å². The maximum atomic E-state index is 6.61. The number of aliphatic imine (C=N–C) groups is 1. The van der Waals surface area contributed by atoms with Crippen LogP contribution in [0, 0.1) is 0 Å². The summed E-state index contributed by atoms with van der Waals surface area (Å²) < 4.78 is 1.85. The molecule has 1 aromatic carbocycles. The van der Waals surface area contributed by atoms with Gasteiger partial charge in [-0.3, -0.25) is 0 Å². The molecule has 2 aromatic rings. The number of nitrogens with one attached hydrogen (secondary N) is 1. The molecule has 0 unspecified atom stereocenters. The monoisotopic (exact) mass is 343 g/mol. The number of fused-ring (bicyclic) bond motifs is 2. The molecule has 0 saturated heterocycles. The summed E-state index contributed by atoms with van der Waals surface area (Å²) in [6.07, 6.45) is 7.45. The number of nitrogens with zero attached hydrogens (tertiary/aromatic N) is 4. The molecule has 1 fully saturated rings. The third kappa shape index (κ3) is 2.26. The minimum absolute atomic E-state index is 0.0620. The second-order valence-electron chi connectivity index (χ2n) is 7.00. The molecule has 1 aliphatic carbocycles. The number of hydrogen-bond donors (Lipinski definition) is 1. The van der Waals surface area contributed by atoms with Crippen LogP contribution in [0.5, 0.6) is 0 Å². The van der Waals surface area contributed by atoms with E-state index in [9.17, 15) is 0 Å². The molecule has 1 spiro atoms. The first-order valence-corrected chi connectivity index (χ1v) is 8.71. The normalized spacial score (nSPS) is 17.8. The Morgan fingerprint density at radius 2 is 2.12 bits per heavy atom. The smallest absolute Gasteiger partial charge is 0.113 e. The van der Waals surface area contributed by atoms with Gasteiger partial charge in [0.1, 0.15) is 5.84 Å². The highest BCUT2D eigenvalue weighted by atomic mass is 35.5. The highest BCUT2D eigenvalue weighted by Crippen LogP contribution is 2.53. The fourth-order valence-electron chi connectivity index (χ4n) is 3.83. The van der Waals surface area contributed by atoms with E-state index in [0.717, 1.165) is 47.2 Å². The lowest BCUT2D eigenvalue weighted by molar-refractivity contribution is 0.341. The van der Waals surface area contributed by atoms with E-state index in [1.807, 2.05) is 38.2 Å². The van der Waals surface area contributed by atoms with Gasteiger partial charge in [0.15, 0.2) is 0 Å². The van der Waals surface area contributed by atoms with E-state index < -0.39 is 0 Å². The van der Waals surface area contributed by atoms with E-state index in [4.69, 9.17) is 16.6 Å². The standard InChI is InChI=1S/C18H22ClN5/c1-20-17-18(5-4-6-18)13-7-14(19)16(8-15(13)22-17)24-11-12(9-21-24)10-23(2)3/h7-9,11H,4-6,10H2,1-3H3,(H,20,22). The van der Waals surface area contributed by atoms with E-state index in [-0.39, 0.29) is 5.41 Å². The van der Waals surface area contributed by atoms with Crippen molar-refractivity contribution in [2.45, 2.75) is 31.2 Å². The second kappa shape index (κ2) is 5.60. The topological polar surface area (TPSA) is 45.5 Å². The van der Waals surface area contributed by atoms with Crippen molar-refractivity contribution in [1.29, 1.82) is 0 Å². The molecular weight excluding hydrogens is 322 g/mol. The molecule has 0 atom stereocenters. The SMILES string of the molecule is CNC1=Nc2cc(-n3cc(CN(C)C)cn3)c(Cl)cc2C12CCC2. The van der Waals surface area contributed by atoms with Crippen LogP contribution >= 0.6 is 11.6 Å². The summed E-state index contributed by atoms with van der Waals surface area (Å²) in [5, 5.41) is 8.49. The van der Waals surface area contributed by atoms with Crippen molar-refractivity contribution in [3.63, 3.8) is 0 Å². The zero-order valence-corrected chi connectivity index (χ0v) is 15.1. The molecule has 1 aliphatic heterocycles. The lowest BCUT2D eigenvalue weighted by atomic mass is 9.64. The molecule has 0 bridgehead atoms. The molecule has 126 valence electrons. The van der Waals surface area contributed by atoms with Crippen molar-refractivity contribution in [3.05, 3.63) is 40.7 Å². The van der Waals surface area contributed by atoms with Gasteiger partial charge in [-0.25, -0.2) is 9.67 Å². The number of aromatic nitrogens is 2. The van der Waals surface area contributed by atoms with Crippen LogP contribution in [0.1, 0.15) is 30.4 Å². The van der Waals surface area contributed by atoms with Crippen LogP contribution in [0.2, 0.25) is 5.02 Å². The maximum Gasteiger partial charge on any atom is 0.113 e. The van der Waals surface area contributed by atoms with Crippen molar-refractivity contribution >= 4 is 23.1 Å². The van der Waals surface area contributed by atoms with Crippen LogP contribution in [-0.4, -0.2) is 41.7 Å². The summed E-state index contributed by atoms with van der Waals surface area (Å²) in [7, 11) is 6.05. The second-order valence-corrected chi connectivity index (χ2v) is 7.40. The molecule has 1 saturated carbocycles. The third-order valence-electron chi connectivity index (χ3n) is 5.09. The number of amidine groups is 1. The Hall–Kier alpha value is -1.85. The Morgan fingerprint density at radius 1 is 1.33 bits per heavy atom. The number of hydrogen-bond acceptors (Lipinski definition) is 4. The quantitative estimate of drug-likeness (QED) is 0.930. The molecule has 2 aliphatic rings. The van der Waals surface area contributed by atoms with Gasteiger partial charge >= 0.3 is 0 Å². The van der Waals surface area contributed by atoms with Crippen LogP contribution in [0.4, 0.5) is 5.69 Å². The minimum atomic E-state index is 0.0620. The van der Waals surface area contributed by atoms with Gasteiger partial charge in [-0.1, -0.05) is 18.0 Å². The first kappa shape index (κ1) is 15.7. The Bertz CT molecular complexity index is 817. The number of halogens is 1. The predicted octanol–water partition coefficient (Wildman–Crippen LogP) is 3.27. The predicted molar refractivity (Wildman–Crippen MR) is 97.6 cm³/mol. The van der Waals surface area contributed by atoms with Gasteiger partial charge in [-0.2, -0.15) is 5.10 Å². The molecule has 4 rings (SSSR count). The summed E-state index contributed by atoms with van der Waals surface area (Å²) in [4.78, 5) is 6.95. The summed E-state index contributed by atoms with van der Waals surface area (Å²) in [5.74, 6) is 1.07. The van der Waals surface area contributed by atoms with Gasteiger partial charge in [0.2, 0.25) is 0 Å². The molecule has 2 heterocycles. The summed E-state index contributed by atoms with van der Waals surface area (Å²) >= 11 is 6.61. The molecule has 0 amide bonds. The Labute approximate surface area is 147 Å². The Morgan fingerprint density at radius 3 is 2.75 bits per heavy atom. The fraction of sp³-hybridized carbons (Fsp3) is 0.444. The van der Waals surface area contributed by atoms with Gasteiger partial charge in [0.05, 0.1) is 28.0 Å². The van der Waals surface area contributed by atoms with Gasteiger partial charge in [-0.15, -0.1) is 0 Å². The summed E-state index contributed by atoms with van der Waals surface area (Å²) in [5.41, 5.74) is 4.38. The molecule has 6 heteroatoms. The molecule has 0 radical (unpaired) electrons. The lowest BCUT2D eigenvalue weighted by Crippen LogP contribution is -2.45. The van der Waals surface area contributed by atoms with E-state index in [2.05, 4.69) is 27.4 Å². The van der Waals surface area contributed by atoms with Gasteiger partial charge in [0.25, 0.3) is 0 Å². The van der Waals surface area contributed by atoms with Crippen molar-refractivity contribution < 1.29 is 0 Å². The minimum Gasteiger partial charge on any atom is -0.376 e. The van der Waals surface area contributed by atoms with Crippen LogP contribution in [0.15, 0.2) is 29.5 Å². The Kier molecular flexibility index (Phi) is 3.66. The highest BCUT2D eigenvalue weighted by Gasteiger charge is 2.48. The van der Waals surface area contributed by atoms with Gasteiger partial charge in [0, 0.05) is 25.4 Å². The number of likely N-dealkylation sites (N-methyl/N-ethyl adjacent to an activating group) is 1. The van der Waals surface area contributed by atoms with Crippen molar-refractivity contribution in [2.75, 3.05) is 21.1 Å². The Balaban J connectivity index is 1.75. The van der Waals surface area contributed by atoms with Crippen molar-refractivity contribution in [1.82, 2.24) is 20.0 Å². The zero-order chi connectivity index (χ0) is 16.9. The molecule has 5 nitrogen and oxygen atoms in total. The van der Waals surface area contributed by atoms with Crippen LogP contribution in [0.25, 0.3) is 5.69 Å². The summed E-state index contributed by atoms with van der Waals surface area (Å²) in [6.45, 7) is 0.855. The van der Waals surface area contributed by atoms with Gasteiger partial charge in [-0.05, 0) is 44.6 Å². The van der Waals surface area contributed by atoms with E-state index >= 15 is 0 Å². The maximum absolute atomic E-state index is 6.61. The average molecular weight is 344 g/mol. The van der Waals surface area contributed by atoms with E-state index in [1.54, 1.807) is 0 Å². The van der Waals surface area contributed by atoms with Gasteiger partial charge < -0.3 is 10.2 Å². The first-order valence-electron chi connectivity index (χ1n) is 8.33. The molecular formula is C18H22ClN5. The first-order chi connectivity index (χ1) is 11.5. The van der Waals surface area contributed by atoms with Crippen LogP contribution < -0.4 is 5.32 Å². The molecule has 24 heavy (non-hydrogen) atoms. The van der Waals surface area contributed by atoms with Crippen LogP contribution in [0.3, 0.4) is 0 Å². The molecule has 1 N–H and O–H groups in total. The highest BCUT2D eigenvalue weighted by molar-refractivity contribution is 6.32. The summed E-state index contributed by atoms with van der Waals surface area (Å²) in [6, 6.07) is 4.15. The lowest BCUT2D eigenvalue weighted by Gasteiger charge is -2.40. The van der Waals surface area contributed by atoms with Crippen molar-refractivity contribution in [3.8, 4) is 5.69 Å². The average Bonchev–Trinajstić information content (AvgIpc) is 3.06.